The van der Waals surface area contributed by atoms with Crippen molar-refractivity contribution in [1.29, 1.82) is 0 Å². The second-order valence-corrected chi connectivity index (χ2v) is 5.66. The lowest BCUT2D eigenvalue weighted by Crippen LogP contribution is -1.94. The van der Waals surface area contributed by atoms with Gasteiger partial charge in [-0.15, -0.1) is 11.3 Å². The van der Waals surface area contributed by atoms with Gasteiger partial charge in [0.05, 0.1) is 11.4 Å². The second-order valence-electron chi connectivity index (χ2n) is 3.44. The Morgan fingerprint density at radius 1 is 1.65 bits per heavy atom. The van der Waals surface area contributed by atoms with Crippen LogP contribution in [0.5, 0.6) is 0 Å². The Labute approximate surface area is 107 Å². The minimum atomic E-state index is -0.913. The average Bonchev–Trinajstić information content (AvgIpc) is 2.82. The first-order chi connectivity index (χ1) is 8.08. The van der Waals surface area contributed by atoms with E-state index >= 15 is 0 Å². The summed E-state index contributed by atoms with van der Waals surface area (Å²) in [6.07, 6.45) is 3.62. The first-order valence-corrected chi connectivity index (χ1v) is 6.68. The maximum Gasteiger partial charge on any atom is 0.347 e. The minimum absolute atomic E-state index is 0.312. The number of carboxylic acid groups (broad SMARTS) is 1. The number of aryl methyl sites for hydroxylation is 2. The molecule has 0 aliphatic heterocycles. The number of aromatic carboxylic acids is 1. The van der Waals surface area contributed by atoms with Gasteiger partial charge in [0, 0.05) is 19.4 Å². The number of aromatic nitrogens is 3. The van der Waals surface area contributed by atoms with E-state index in [1.165, 1.54) is 23.1 Å². The van der Waals surface area contributed by atoms with Crippen LogP contribution < -0.4 is 0 Å². The minimum Gasteiger partial charge on any atom is -0.477 e. The largest absolute Gasteiger partial charge is 0.477 e. The number of thiazole rings is 1. The van der Waals surface area contributed by atoms with Crippen molar-refractivity contribution >= 4 is 29.1 Å². The standard InChI is InChI=1S/C10H11N3O2S2/c1-6-8(9(14)15)17-10(12-6)16-5-7-11-3-4-13(7)2/h3-4H,5H2,1-2H3,(H,14,15). The molecule has 2 heterocycles. The summed E-state index contributed by atoms with van der Waals surface area (Å²) in [6.45, 7) is 1.71. The lowest BCUT2D eigenvalue weighted by atomic mass is 10.4. The quantitative estimate of drug-likeness (QED) is 0.862. The number of carboxylic acids is 1. The van der Waals surface area contributed by atoms with Gasteiger partial charge in [0.25, 0.3) is 0 Å². The highest BCUT2D eigenvalue weighted by Crippen LogP contribution is 2.29. The number of hydrogen-bond donors (Lipinski definition) is 1. The number of rotatable bonds is 4. The zero-order chi connectivity index (χ0) is 12.4. The molecule has 1 N–H and O–H groups in total. The van der Waals surface area contributed by atoms with E-state index in [4.69, 9.17) is 5.11 Å². The zero-order valence-electron chi connectivity index (χ0n) is 9.38. The number of thioether (sulfide) groups is 1. The van der Waals surface area contributed by atoms with E-state index in [0.717, 1.165) is 10.2 Å². The topological polar surface area (TPSA) is 68.0 Å². The molecular formula is C10H11N3O2S2. The molecule has 0 unspecified atom stereocenters. The van der Waals surface area contributed by atoms with E-state index in [9.17, 15) is 4.79 Å². The molecule has 0 aliphatic carbocycles. The summed E-state index contributed by atoms with van der Waals surface area (Å²) in [4.78, 5) is 19.6. The van der Waals surface area contributed by atoms with Crippen LogP contribution in [0.3, 0.4) is 0 Å². The molecule has 0 radical (unpaired) electrons. The van der Waals surface area contributed by atoms with E-state index in [2.05, 4.69) is 9.97 Å². The van der Waals surface area contributed by atoms with Crippen molar-refractivity contribution in [2.24, 2.45) is 7.05 Å². The van der Waals surface area contributed by atoms with Crippen LogP contribution in [0.25, 0.3) is 0 Å². The fourth-order valence-electron chi connectivity index (χ4n) is 1.29. The Morgan fingerprint density at radius 2 is 2.41 bits per heavy atom. The molecular weight excluding hydrogens is 258 g/mol. The predicted octanol–water partition coefficient (Wildman–Crippen LogP) is 2.18. The molecule has 5 nitrogen and oxygen atoms in total. The van der Waals surface area contributed by atoms with E-state index in [-0.39, 0.29) is 0 Å². The molecule has 2 aromatic rings. The van der Waals surface area contributed by atoms with Gasteiger partial charge >= 0.3 is 5.97 Å². The highest BCUT2D eigenvalue weighted by Gasteiger charge is 2.14. The van der Waals surface area contributed by atoms with Gasteiger partial charge in [-0.3, -0.25) is 0 Å². The summed E-state index contributed by atoms with van der Waals surface area (Å²) >= 11 is 2.72. The fraction of sp³-hybridized carbons (Fsp3) is 0.300. The molecule has 0 bridgehead atoms. The van der Waals surface area contributed by atoms with Gasteiger partial charge in [-0.1, -0.05) is 11.8 Å². The lowest BCUT2D eigenvalue weighted by Gasteiger charge is -1.98. The van der Waals surface area contributed by atoms with Gasteiger partial charge in [0.1, 0.15) is 10.7 Å². The summed E-state index contributed by atoms with van der Waals surface area (Å²) in [5.41, 5.74) is 0.574. The highest BCUT2D eigenvalue weighted by molar-refractivity contribution is 8.00. The summed E-state index contributed by atoms with van der Waals surface area (Å²) in [5.74, 6) is 0.721. The molecule has 2 aromatic heterocycles. The number of imidazole rings is 1. The predicted molar refractivity (Wildman–Crippen MR) is 66.6 cm³/mol. The molecule has 0 atom stereocenters. The molecule has 0 amide bonds. The third-order valence-electron chi connectivity index (χ3n) is 2.22. The maximum absolute atomic E-state index is 10.9. The SMILES string of the molecule is Cc1nc(SCc2nccn2C)sc1C(=O)O. The molecule has 7 heteroatoms. The summed E-state index contributed by atoms with van der Waals surface area (Å²) in [5, 5.41) is 8.92. The molecule has 2 rings (SSSR count). The third kappa shape index (κ3) is 2.67. The Hall–Kier alpha value is -1.34. The van der Waals surface area contributed by atoms with Crippen molar-refractivity contribution in [1.82, 2.24) is 14.5 Å². The van der Waals surface area contributed by atoms with Gasteiger partial charge in [-0.05, 0) is 6.92 Å². The van der Waals surface area contributed by atoms with E-state index in [1.54, 1.807) is 13.1 Å². The molecule has 17 heavy (non-hydrogen) atoms. The summed E-state index contributed by atoms with van der Waals surface area (Å²) in [7, 11) is 1.93. The second kappa shape index (κ2) is 4.89. The molecule has 90 valence electrons. The number of carbonyl (C=O) groups is 1. The van der Waals surface area contributed by atoms with Gasteiger partial charge in [-0.25, -0.2) is 14.8 Å². The van der Waals surface area contributed by atoms with Crippen molar-refractivity contribution in [3.05, 3.63) is 28.8 Å². The van der Waals surface area contributed by atoms with E-state index in [1.807, 2.05) is 17.8 Å². The van der Waals surface area contributed by atoms with E-state index in [0.29, 0.717) is 16.3 Å². The van der Waals surface area contributed by atoms with Crippen molar-refractivity contribution in [2.75, 3.05) is 0 Å². The molecule has 0 aromatic carbocycles. The van der Waals surface area contributed by atoms with Crippen LogP contribution in [0.4, 0.5) is 0 Å². The van der Waals surface area contributed by atoms with Crippen LogP contribution in [-0.4, -0.2) is 25.6 Å². The molecule has 0 saturated carbocycles. The van der Waals surface area contributed by atoms with Crippen molar-refractivity contribution < 1.29 is 9.90 Å². The Balaban J connectivity index is 2.07. The Morgan fingerprint density at radius 3 is 2.94 bits per heavy atom. The van der Waals surface area contributed by atoms with Crippen LogP contribution in [0.2, 0.25) is 0 Å². The van der Waals surface area contributed by atoms with E-state index < -0.39 is 5.97 Å². The lowest BCUT2D eigenvalue weighted by molar-refractivity contribution is 0.0701. The van der Waals surface area contributed by atoms with Gasteiger partial charge < -0.3 is 9.67 Å². The highest BCUT2D eigenvalue weighted by atomic mass is 32.2. The Bertz CT molecular complexity index is 547. The first-order valence-electron chi connectivity index (χ1n) is 4.87. The third-order valence-corrected chi connectivity index (χ3v) is 4.50. The zero-order valence-corrected chi connectivity index (χ0v) is 11.0. The smallest absolute Gasteiger partial charge is 0.347 e. The Kier molecular flexibility index (Phi) is 3.49. The first kappa shape index (κ1) is 12.1. The normalized spacial score (nSPS) is 10.7. The van der Waals surface area contributed by atoms with Crippen LogP contribution in [0, 0.1) is 6.92 Å². The molecule has 0 aliphatic rings. The van der Waals surface area contributed by atoms with Crippen molar-refractivity contribution in [3.63, 3.8) is 0 Å². The van der Waals surface area contributed by atoms with Crippen LogP contribution in [0.1, 0.15) is 21.2 Å². The number of hydrogen-bond acceptors (Lipinski definition) is 5. The van der Waals surface area contributed by atoms with Crippen LogP contribution in [-0.2, 0) is 12.8 Å². The van der Waals surface area contributed by atoms with Crippen molar-refractivity contribution in [2.45, 2.75) is 17.0 Å². The number of nitrogens with zero attached hydrogens (tertiary/aromatic N) is 3. The van der Waals surface area contributed by atoms with Gasteiger partial charge in [-0.2, -0.15) is 0 Å². The maximum atomic E-state index is 10.9. The van der Waals surface area contributed by atoms with Crippen LogP contribution >= 0.6 is 23.1 Å². The fourth-order valence-corrected chi connectivity index (χ4v) is 3.33. The summed E-state index contributed by atoms with van der Waals surface area (Å²) in [6, 6.07) is 0. The average molecular weight is 269 g/mol. The molecule has 0 spiro atoms. The monoisotopic (exact) mass is 269 g/mol. The molecule has 0 saturated heterocycles. The van der Waals surface area contributed by atoms with Crippen molar-refractivity contribution in [3.8, 4) is 0 Å². The van der Waals surface area contributed by atoms with Crippen LogP contribution in [0.15, 0.2) is 16.7 Å². The summed E-state index contributed by atoms with van der Waals surface area (Å²) < 4.78 is 2.70. The van der Waals surface area contributed by atoms with Gasteiger partial charge in [0.15, 0.2) is 4.34 Å². The van der Waals surface area contributed by atoms with Gasteiger partial charge in [0.2, 0.25) is 0 Å². The molecule has 0 fully saturated rings.